The molecule has 0 fully saturated rings. The van der Waals surface area contributed by atoms with Crippen molar-refractivity contribution in [3.05, 3.63) is 381 Å². The summed E-state index contributed by atoms with van der Waals surface area (Å²) < 4.78 is 22.0. The molecule has 0 aliphatic heterocycles. The second kappa shape index (κ2) is 26.3. The lowest BCUT2D eigenvalue weighted by Crippen LogP contribution is -2.10. The Morgan fingerprint density at radius 1 is 0.226 bits per heavy atom. The fourth-order valence-electron chi connectivity index (χ4n) is 16.0. The molecule has 0 aliphatic carbocycles. The van der Waals surface area contributed by atoms with Crippen LogP contribution < -0.4 is 9.80 Å². The predicted molar refractivity (Wildman–Crippen MR) is 450 cm³/mol. The minimum absolute atomic E-state index is 0. The van der Waals surface area contributed by atoms with Crippen molar-refractivity contribution in [1.82, 2.24) is 18.7 Å². The number of hydrogen-bond donors (Lipinski definition) is 1. The Bertz CT molecular complexity index is 6960. The zero-order valence-electron chi connectivity index (χ0n) is 56.7. The fourth-order valence-corrected chi connectivity index (χ4v) is 16.4. The summed E-state index contributed by atoms with van der Waals surface area (Å²) in [5.41, 5.74) is 23.0. The molecule has 0 atom stereocenters. The van der Waals surface area contributed by atoms with Gasteiger partial charge >= 0.3 is 0 Å². The van der Waals surface area contributed by atoms with Crippen LogP contribution >= 0.6 is 15.9 Å². The summed E-state index contributed by atoms with van der Waals surface area (Å²) in [5.74, 6) is 0. The molecular weight excluding hydrogens is 1360 g/mol. The van der Waals surface area contributed by atoms with Crippen LogP contribution in [0.1, 0.15) is 7.43 Å². The van der Waals surface area contributed by atoms with E-state index in [2.05, 4.69) is 402 Å². The van der Waals surface area contributed by atoms with Crippen molar-refractivity contribution in [3.63, 3.8) is 0 Å². The lowest BCUT2D eigenvalue weighted by molar-refractivity contribution is 0.676. The van der Waals surface area contributed by atoms with E-state index in [0.29, 0.717) is 0 Å². The highest BCUT2D eigenvalue weighted by atomic mass is 79.9. The summed E-state index contributed by atoms with van der Waals surface area (Å²) >= 11 is 3.55. The van der Waals surface area contributed by atoms with Gasteiger partial charge in [0.15, 0.2) is 0 Å². The van der Waals surface area contributed by atoms with Crippen LogP contribution in [0.3, 0.4) is 0 Å². The van der Waals surface area contributed by atoms with Crippen LogP contribution in [0.15, 0.2) is 389 Å². The minimum atomic E-state index is 0. The van der Waals surface area contributed by atoms with Crippen molar-refractivity contribution >= 4 is 181 Å². The summed E-state index contributed by atoms with van der Waals surface area (Å²) in [6, 6.07) is 132. The number of nitrogens with one attached hydrogen (secondary N) is 1. The van der Waals surface area contributed by atoms with E-state index in [-0.39, 0.29) is 7.43 Å². The van der Waals surface area contributed by atoms with Crippen LogP contribution in [-0.4, -0.2) is 18.7 Å². The van der Waals surface area contributed by atoms with E-state index in [1.54, 1.807) is 0 Å². The number of aromatic nitrogens is 4. The Kier molecular flexibility index (Phi) is 15.7. The Morgan fingerprint density at radius 3 is 0.953 bits per heavy atom. The number of halogens is 1. The lowest BCUT2D eigenvalue weighted by atomic mass is 10.1. The van der Waals surface area contributed by atoms with Crippen LogP contribution in [0, 0.1) is 0 Å². The average Bonchev–Trinajstić information content (AvgIpc) is 1.56. The van der Waals surface area contributed by atoms with Crippen LogP contribution in [0.5, 0.6) is 0 Å². The third kappa shape index (κ3) is 10.5. The van der Waals surface area contributed by atoms with Crippen molar-refractivity contribution in [1.29, 1.82) is 0 Å². The Labute approximate surface area is 619 Å². The van der Waals surface area contributed by atoms with Gasteiger partial charge in [0.25, 0.3) is 0 Å². The van der Waals surface area contributed by atoms with Gasteiger partial charge in [-0.05, 0) is 182 Å². The molecule has 0 saturated heterocycles. The van der Waals surface area contributed by atoms with Gasteiger partial charge in [0.05, 0.1) is 60.2 Å². The maximum Gasteiger partial charge on any atom is 0.145 e. The number of para-hydroxylation sites is 10. The first-order chi connectivity index (χ1) is 52.1. The number of rotatable bonds is 9. The molecule has 6 aromatic heterocycles. The van der Waals surface area contributed by atoms with E-state index in [0.717, 1.165) is 154 Å². The largest absolute Gasteiger partial charge is 0.455 e. The van der Waals surface area contributed by atoms with Crippen molar-refractivity contribution in [2.24, 2.45) is 0 Å². The summed E-state index contributed by atoms with van der Waals surface area (Å²) in [5, 5.41) is 13.9. The van der Waals surface area contributed by atoms with E-state index in [1.807, 2.05) is 18.2 Å². The Hall–Kier alpha value is -13.6. The normalized spacial score (nSPS) is 11.6. The minimum Gasteiger partial charge on any atom is -0.455 e. The monoisotopic (exact) mass is 1430 g/mol. The highest BCUT2D eigenvalue weighted by molar-refractivity contribution is 9.10. The van der Waals surface area contributed by atoms with Crippen molar-refractivity contribution in [2.45, 2.75) is 7.43 Å². The zero-order chi connectivity index (χ0) is 69.5. The summed E-state index contributed by atoms with van der Waals surface area (Å²) in [7, 11) is 0. The number of furan rings is 2. The molecule has 0 unspecified atom stereocenters. The third-order valence-electron chi connectivity index (χ3n) is 20.5. The van der Waals surface area contributed by atoms with Gasteiger partial charge in [-0.25, -0.2) is 0 Å². The van der Waals surface area contributed by atoms with E-state index in [1.165, 1.54) is 32.6 Å². The molecular formula is C97H67BrN6O2. The summed E-state index contributed by atoms with van der Waals surface area (Å²) in [6.45, 7) is 0. The van der Waals surface area contributed by atoms with Gasteiger partial charge in [-0.15, -0.1) is 0 Å². The average molecular weight is 1430 g/mol. The maximum absolute atomic E-state index is 7.14. The van der Waals surface area contributed by atoms with Gasteiger partial charge in [-0.2, -0.15) is 0 Å². The molecule has 0 aliphatic rings. The van der Waals surface area contributed by atoms with Crippen molar-refractivity contribution < 1.29 is 8.83 Å². The summed E-state index contributed by atoms with van der Waals surface area (Å²) in [4.78, 5) is 8.10. The molecule has 1 N–H and O–H groups in total. The van der Waals surface area contributed by atoms with Crippen LogP contribution in [0.4, 0.5) is 34.1 Å². The molecule has 504 valence electrons. The number of fused-ring (bicyclic) bond motifs is 22. The van der Waals surface area contributed by atoms with E-state index in [9.17, 15) is 0 Å². The van der Waals surface area contributed by atoms with Crippen LogP contribution in [0.2, 0.25) is 0 Å². The molecule has 6 heterocycles. The second-order valence-corrected chi connectivity index (χ2v) is 27.4. The lowest BCUT2D eigenvalue weighted by Gasteiger charge is -2.26. The van der Waals surface area contributed by atoms with Gasteiger partial charge in [0, 0.05) is 104 Å². The SMILES string of the molecule is Brc1cccc(N(c2ccccc2)c2ccccc2)c1.C.c1ccc(-n2c3ccccc3c3c4oc5c(ccc6[nH]c7ccccc7c65)c4ccc32)cc1.c1ccc(N(c2ccccc2)c2cccc(-n3c4ccccc4c4c5oc6c(ccc7c6c6ccccc6n7-c6ccccc6)c5ccc43)c2)cc1. The molecule has 0 spiro atoms. The smallest absolute Gasteiger partial charge is 0.145 e. The first-order valence-corrected chi connectivity index (χ1v) is 36.2. The molecule has 0 bridgehead atoms. The molecule has 0 radical (unpaired) electrons. The zero-order valence-corrected chi connectivity index (χ0v) is 58.3. The quantitative estimate of drug-likeness (QED) is 0.156. The number of aromatic amines is 1. The van der Waals surface area contributed by atoms with Gasteiger partial charge < -0.3 is 37.3 Å². The number of nitrogens with zero attached hydrogens (tertiary/aromatic N) is 5. The van der Waals surface area contributed by atoms with Gasteiger partial charge in [-0.3, -0.25) is 0 Å². The first-order valence-electron chi connectivity index (χ1n) is 35.4. The Morgan fingerprint density at radius 2 is 0.538 bits per heavy atom. The van der Waals surface area contributed by atoms with Crippen molar-refractivity contribution in [2.75, 3.05) is 9.80 Å². The Balaban J connectivity index is 0.000000121. The second-order valence-electron chi connectivity index (χ2n) is 26.5. The molecule has 16 aromatic carbocycles. The molecule has 22 rings (SSSR count). The van der Waals surface area contributed by atoms with E-state index in [4.69, 9.17) is 8.83 Å². The molecule has 0 amide bonds. The maximum atomic E-state index is 7.14. The highest BCUT2D eigenvalue weighted by Gasteiger charge is 2.25. The molecule has 106 heavy (non-hydrogen) atoms. The van der Waals surface area contributed by atoms with Gasteiger partial charge in [-0.1, -0.05) is 217 Å². The third-order valence-corrected chi connectivity index (χ3v) is 21.0. The standard InChI is InChI=1S/C48H31N3O.C30H18N2O.C18H14BrN.CH4/c1-4-15-32(16-5-1)49(33-17-6-2-7-18-33)35-21-14-22-36(31-35)51-42-26-13-11-24-40(42)46-44(51)30-28-38-37-27-29-43-45(47(37)52-48(38)46)39-23-10-12-25-41(39)50(43)34-19-8-3-9-20-34;1-2-8-18(9-3-1)32-25-13-7-5-11-22(25)28-26(32)17-15-20-19-14-16-24-27(29(19)33-30(20)28)21-10-4-6-12-23(21)31-24;19-15-8-7-13-18(14-15)20(16-9-3-1-4-10-16)17-11-5-2-6-12-17;/h1-31H;1-17,31H;1-14H;1H4. The number of anilines is 6. The molecule has 22 aromatic rings. The highest BCUT2D eigenvalue weighted by Crippen LogP contribution is 2.48. The number of benzene rings is 16. The topological polar surface area (TPSA) is 63.3 Å². The molecule has 9 heteroatoms. The van der Waals surface area contributed by atoms with Crippen molar-refractivity contribution in [3.8, 4) is 17.1 Å². The molecule has 0 saturated carbocycles. The van der Waals surface area contributed by atoms with Gasteiger partial charge in [0.2, 0.25) is 0 Å². The first kappa shape index (κ1) is 63.3. The fraction of sp³-hybridized carbons (Fsp3) is 0.0103. The predicted octanol–water partition coefficient (Wildman–Crippen LogP) is 28.1. The number of H-pyrrole nitrogens is 1. The van der Waals surface area contributed by atoms with E-state index >= 15 is 0 Å². The molecule has 8 nitrogen and oxygen atoms in total. The summed E-state index contributed by atoms with van der Waals surface area (Å²) in [6.07, 6.45) is 0. The van der Waals surface area contributed by atoms with Gasteiger partial charge in [0.1, 0.15) is 22.3 Å². The number of hydrogen-bond acceptors (Lipinski definition) is 4. The van der Waals surface area contributed by atoms with Crippen LogP contribution in [0.25, 0.3) is 148 Å². The van der Waals surface area contributed by atoms with E-state index < -0.39 is 0 Å². The van der Waals surface area contributed by atoms with Crippen LogP contribution in [-0.2, 0) is 0 Å².